The fourth-order valence-electron chi connectivity index (χ4n) is 2.23. The van der Waals surface area contributed by atoms with Gasteiger partial charge >= 0.3 is 0 Å². The monoisotopic (exact) mass is 351 g/mol. The van der Waals surface area contributed by atoms with Gasteiger partial charge in [-0.1, -0.05) is 28.1 Å². The number of fused-ring (bicyclic) bond motifs is 1. The third kappa shape index (κ3) is 3.19. The first-order valence-electron chi connectivity index (χ1n) is 6.70. The zero-order chi connectivity index (χ0) is 14.8. The zero-order valence-electron chi connectivity index (χ0n) is 11.5. The van der Waals surface area contributed by atoms with E-state index in [4.69, 9.17) is 9.47 Å². The first-order valence-corrected chi connectivity index (χ1v) is 7.49. The summed E-state index contributed by atoms with van der Waals surface area (Å²) in [6, 6.07) is 10.6. The normalized spacial score (nSPS) is 14.2. The summed E-state index contributed by atoms with van der Waals surface area (Å²) in [5.41, 5.74) is 2.14. The molecule has 2 aromatic rings. The maximum atomic E-state index is 12.9. The fraction of sp³-hybridized carbons (Fsp3) is 0.250. The molecule has 0 aromatic heterocycles. The summed E-state index contributed by atoms with van der Waals surface area (Å²) >= 11 is 3.54. The second-order valence-electron chi connectivity index (χ2n) is 4.95. The van der Waals surface area contributed by atoms with Crippen LogP contribution >= 0.6 is 15.9 Å². The molecule has 1 N–H and O–H groups in total. The molecule has 110 valence electrons. The summed E-state index contributed by atoms with van der Waals surface area (Å²) in [6.07, 6.45) is 0. The Hall–Kier alpha value is -1.59. The molecule has 0 amide bonds. The van der Waals surface area contributed by atoms with Crippen LogP contribution in [0, 0.1) is 5.82 Å². The van der Waals surface area contributed by atoms with E-state index in [9.17, 15) is 4.39 Å². The molecule has 0 spiro atoms. The lowest BCUT2D eigenvalue weighted by molar-refractivity contribution is 0.174. The lowest BCUT2D eigenvalue weighted by Crippen LogP contribution is -2.18. The van der Waals surface area contributed by atoms with Gasteiger partial charge in [-0.15, -0.1) is 0 Å². The minimum atomic E-state index is -0.218. The van der Waals surface area contributed by atoms with E-state index in [2.05, 4.69) is 21.2 Å². The van der Waals surface area contributed by atoms with Crippen molar-refractivity contribution in [1.82, 2.24) is 5.32 Å². The molecule has 2 aromatic carbocycles. The highest BCUT2D eigenvalue weighted by atomic mass is 79.9. The average Bonchev–Trinajstić information content (AvgIpc) is 2.92. The number of hydrogen-bond donors (Lipinski definition) is 1. The van der Waals surface area contributed by atoms with Gasteiger partial charge in [-0.25, -0.2) is 4.39 Å². The number of benzene rings is 2. The van der Waals surface area contributed by atoms with Gasteiger partial charge in [-0.2, -0.15) is 0 Å². The molecular weight excluding hydrogens is 337 g/mol. The van der Waals surface area contributed by atoms with Crippen LogP contribution in [0.2, 0.25) is 0 Å². The minimum absolute atomic E-state index is 0.128. The van der Waals surface area contributed by atoms with E-state index in [1.165, 1.54) is 12.1 Å². The molecular formula is C16H15BrFNO2. The molecule has 3 rings (SSSR count). The molecule has 0 unspecified atom stereocenters. The van der Waals surface area contributed by atoms with Crippen LogP contribution in [0.3, 0.4) is 0 Å². The van der Waals surface area contributed by atoms with Crippen LogP contribution in [0.25, 0.3) is 0 Å². The van der Waals surface area contributed by atoms with Crippen LogP contribution in [0.1, 0.15) is 24.1 Å². The molecule has 0 bridgehead atoms. The van der Waals surface area contributed by atoms with Crippen molar-refractivity contribution in [3.8, 4) is 11.5 Å². The van der Waals surface area contributed by atoms with Crippen molar-refractivity contribution in [3.05, 3.63) is 57.8 Å². The topological polar surface area (TPSA) is 30.5 Å². The molecule has 1 aliphatic rings. The number of ether oxygens (including phenoxy) is 2. The third-order valence-corrected chi connectivity index (χ3v) is 4.25. The van der Waals surface area contributed by atoms with Crippen molar-refractivity contribution in [3.63, 3.8) is 0 Å². The summed E-state index contributed by atoms with van der Waals surface area (Å²) in [6.45, 7) is 2.99. The van der Waals surface area contributed by atoms with Crippen LogP contribution in [0.5, 0.6) is 11.5 Å². The third-order valence-electron chi connectivity index (χ3n) is 3.51. The predicted molar refractivity (Wildman–Crippen MR) is 81.9 cm³/mol. The Bertz CT molecular complexity index is 645. The second-order valence-corrected chi connectivity index (χ2v) is 5.81. The van der Waals surface area contributed by atoms with Crippen molar-refractivity contribution < 1.29 is 13.9 Å². The Morgan fingerprint density at radius 2 is 1.86 bits per heavy atom. The van der Waals surface area contributed by atoms with E-state index in [0.29, 0.717) is 6.54 Å². The highest BCUT2D eigenvalue weighted by Crippen LogP contribution is 2.37. The van der Waals surface area contributed by atoms with Crippen LogP contribution in [0.15, 0.2) is 40.9 Å². The van der Waals surface area contributed by atoms with Crippen LogP contribution < -0.4 is 14.8 Å². The van der Waals surface area contributed by atoms with Crippen LogP contribution in [0.4, 0.5) is 4.39 Å². The molecule has 0 saturated heterocycles. The summed E-state index contributed by atoms with van der Waals surface area (Å²) in [4.78, 5) is 0. The minimum Gasteiger partial charge on any atom is -0.454 e. The molecule has 3 nitrogen and oxygen atoms in total. The van der Waals surface area contributed by atoms with Gasteiger partial charge in [0.25, 0.3) is 0 Å². The summed E-state index contributed by atoms with van der Waals surface area (Å²) in [7, 11) is 0. The smallest absolute Gasteiger partial charge is 0.231 e. The molecule has 0 aliphatic carbocycles. The van der Waals surface area contributed by atoms with Crippen LogP contribution in [-0.2, 0) is 6.54 Å². The molecule has 0 fully saturated rings. The van der Waals surface area contributed by atoms with Crippen molar-refractivity contribution in [1.29, 1.82) is 0 Å². The van der Waals surface area contributed by atoms with Crippen molar-refractivity contribution >= 4 is 15.9 Å². The van der Waals surface area contributed by atoms with E-state index in [0.717, 1.165) is 27.1 Å². The molecule has 1 atom stereocenters. The molecule has 0 saturated carbocycles. The van der Waals surface area contributed by atoms with Crippen molar-refractivity contribution in [2.45, 2.75) is 19.5 Å². The van der Waals surface area contributed by atoms with Crippen LogP contribution in [-0.4, -0.2) is 6.79 Å². The molecule has 5 heteroatoms. The number of halogens is 2. The maximum Gasteiger partial charge on any atom is 0.231 e. The van der Waals surface area contributed by atoms with E-state index < -0.39 is 0 Å². The van der Waals surface area contributed by atoms with Crippen molar-refractivity contribution in [2.75, 3.05) is 6.79 Å². The van der Waals surface area contributed by atoms with E-state index >= 15 is 0 Å². The molecule has 1 aliphatic heterocycles. The fourth-order valence-corrected chi connectivity index (χ4v) is 2.69. The van der Waals surface area contributed by atoms with E-state index in [1.54, 1.807) is 12.1 Å². The lowest BCUT2D eigenvalue weighted by Gasteiger charge is -2.15. The maximum absolute atomic E-state index is 12.9. The van der Waals surface area contributed by atoms with Crippen molar-refractivity contribution in [2.24, 2.45) is 0 Å². The SMILES string of the molecule is C[C@@H](NCc1cc2c(cc1Br)OCO2)c1ccc(F)cc1. The Kier molecular flexibility index (Phi) is 4.12. The molecule has 1 heterocycles. The standard InChI is InChI=1S/C16H15BrFNO2/c1-10(11-2-4-13(18)5-3-11)19-8-12-6-15-16(7-14(12)17)21-9-20-15/h2-7,10,19H,8-9H2,1H3/t10-/m1/s1. The van der Waals surface area contributed by atoms with Gasteiger partial charge in [0.15, 0.2) is 11.5 Å². The second kappa shape index (κ2) is 6.03. The summed E-state index contributed by atoms with van der Waals surface area (Å²) < 4.78 is 24.6. The Labute approximate surface area is 131 Å². The van der Waals surface area contributed by atoms with Gasteiger partial charge in [0.2, 0.25) is 6.79 Å². The summed E-state index contributed by atoms with van der Waals surface area (Å²) in [5.74, 6) is 1.31. The number of nitrogens with one attached hydrogen (secondary N) is 1. The first kappa shape index (κ1) is 14.4. The van der Waals surface area contributed by atoms with Gasteiger partial charge in [0.05, 0.1) is 0 Å². The molecule has 21 heavy (non-hydrogen) atoms. The highest BCUT2D eigenvalue weighted by Gasteiger charge is 2.16. The van der Waals surface area contributed by atoms with E-state index in [-0.39, 0.29) is 18.7 Å². The Morgan fingerprint density at radius 3 is 2.57 bits per heavy atom. The highest BCUT2D eigenvalue weighted by molar-refractivity contribution is 9.10. The lowest BCUT2D eigenvalue weighted by atomic mass is 10.1. The first-order chi connectivity index (χ1) is 10.1. The Morgan fingerprint density at radius 1 is 1.19 bits per heavy atom. The van der Waals surface area contributed by atoms with Gasteiger partial charge in [-0.05, 0) is 42.3 Å². The summed E-state index contributed by atoms with van der Waals surface area (Å²) in [5, 5.41) is 3.42. The van der Waals surface area contributed by atoms with E-state index in [1.807, 2.05) is 19.1 Å². The number of hydrogen-bond acceptors (Lipinski definition) is 3. The van der Waals surface area contributed by atoms with Gasteiger partial charge < -0.3 is 14.8 Å². The quantitative estimate of drug-likeness (QED) is 0.896. The van der Waals surface area contributed by atoms with Gasteiger partial charge in [0, 0.05) is 17.1 Å². The predicted octanol–water partition coefficient (Wildman–Crippen LogP) is 4.17. The number of rotatable bonds is 4. The van der Waals surface area contributed by atoms with Gasteiger partial charge in [-0.3, -0.25) is 0 Å². The molecule has 0 radical (unpaired) electrons. The Balaban J connectivity index is 1.68. The average molecular weight is 352 g/mol. The largest absolute Gasteiger partial charge is 0.454 e. The van der Waals surface area contributed by atoms with Gasteiger partial charge in [0.1, 0.15) is 5.82 Å². The zero-order valence-corrected chi connectivity index (χ0v) is 13.1.